The Bertz CT molecular complexity index is 436. The van der Waals surface area contributed by atoms with Gasteiger partial charge in [-0.3, -0.25) is 4.79 Å². The van der Waals surface area contributed by atoms with E-state index in [9.17, 15) is 4.79 Å². The number of carbonyl (C=O) groups is 1. The van der Waals surface area contributed by atoms with E-state index in [1.165, 1.54) is 24.9 Å². The molecule has 1 N–H and O–H groups in total. The molecule has 1 aliphatic rings. The van der Waals surface area contributed by atoms with Gasteiger partial charge in [-0.1, -0.05) is 12.1 Å². The van der Waals surface area contributed by atoms with E-state index < -0.39 is 0 Å². The highest BCUT2D eigenvalue weighted by Crippen LogP contribution is 2.20. The quantitative estimate of drug-likeness (QED) is 0.869. The SMILES string of the molecule is CN(C)CCNC(=O)Cc1ccc(N2CCCCC2)cc1. The van der Waals surface area contributed by atoms with Gasteiger partial charge in [0.25, 0.3) is 0 Å². The Morgan fingerprint density at radius 3 is 2.43 bits per heavy atom. The van der Waals surface area contributed by atoms with E-state index in [-0.39, 0.29) is 5.91 Å². The summed E-state index contributed by atoms with van der Waals surface area (Å²) < 4.78 is 0. The lowest BCUT2D eigenvalue weighted by molar-refractivity contribution is -0.120. The summed E-state index contributed by atoms with van der Waals surface area (Å²) in [5, 5.41) is 2.95. The summed E-state index contributed by atoms with van der Waals surface area (Å²) in [6.07, 6.45) is 4.39. The molecule has 1 heterocycles. The Hall–Kier alpha value is -1.55. The summed E-state index contributed by atoms with van der Waals surface area (Å²) >= 11 is 0. The Kier molecular flexibility index (Phi) is 6.05. The molecule has 1 aromatic rings. The van der Waals surface area contributed by atoms with Crippen LogP contribution in [-0.2, 0) is 11.2 Å². The first-order valence-corrected chi connectivity index (χ1v) is 7.90. The van der Waals surface area contributed by atoms with E-state index in [4.69, 9.17) is 0 Å². The summed E-state index contributed by atoms with van der Waals surface area (Å²) in [5.74, 6) is 0.0996. The van der Waals surface area contributed by atoms with Crippen molar-refractivity contribution in [3.05, 3.63) is 29.8 Å². The topological polar surface area (TPSA) is 35.6 Å². The van der Waals surface area contributed by atoms with Crippen molar-refractivity contribution in [2.24, 2.45) is 0 Å². The number of carbonyl (C=O) groups excluding carboxylic acids is 1. The first kappa shape index (κ1) is 15.8. The van der Waals surface area contributed by atoms with Crippen molar-refractivity contribution in [2.75, 3.05) is 45.2 Å². The maximum atomic E-state index is 11.8. The maximum absolute atomic E-state index is 11.8. The van der Waals surface area contributed by atoms with Crippen LogP contribution in [0.2, 0.25) is 0 Å². The van der Waals surface area contributed by atoms with E-state index in [0.29, 0.717) is 13.0 Å². The summed E-state index contributed by atoms with van der Waals surface area (Å²) in [6, 6.07) is 8.45. The number of benzene rings is 1. The predicted octanol–water partition coefficient (Wildman–Crippen LogP) is 1.90. The molecule has 4 heteroatoms. The Morgan fingerprint density at radius 2 is 1.81 bits per heavy atom. The molecule has 1 aliphatic heterocycles. The summed E-state index contributed by atoms with van der Waals surface area (Å²) in [7, 11) is 4.01. The smallest absolute Gasteiger partial charge is 0.224 e. The fourth-order valence-electron chi connectivity index (χ4n) is 2.64. The molecule has 21 heavy (non-hydrogen) atoms. The average molecular weight is 289 g/mol. The van der Waals surface area contributed by atoms with Crippen molar-refractivity contribution in [3.63, 3.8) is 0 Å². The van der Waals surface area contributed by atoms with Crippen LogP contribution < -0.4 is 10.2 Å². The van der Waals surface area contributed by atoms with Gasteiger partial charge in [-0.2, -0.15) is 0 Å². The summed E-state index contributed by atoms with van der Waals surface area (Å²) in [4.78, 5) is 16.3. The van der Waals surface area contributed by atoms with Crippen molar-refractivity contribution >= 4 is 11.6 Å². The molecular formula is C17H27N3O. The van der Waals surface area contributed by atoms with Crippen LogP contribution in [0.15, 0.2) is 24.3 Å². The molecule has 0 radical (unpaired) electrons. The number of nitrogens with one attached hydrogen (secondary N) is 1. The van der Waals surface area contributed by atoms with E-state index in [1.807, 2.05) is 14.1 Å². The van der Waals surface area contributed by atoms with Crippen LogP contribution in [0.4, 0.5) is 5.69 Å². The Morgan fingerprint density at radius 1 is 1.14 bits per heavy atom. The minimum atomic E-state index is 0.0996. The standard InChI is InChI=1S/C17H27N3O/c1-19(2)13-10-18-17(21)14-15-6-8-16(9-7-15)20-11-4-3-5-12-20/h6-9H,3-5,10-14H2,1-2H3,(H,18,21). The largest absolute Gasteiger partial charge is 0.372 e. The summed E-state index contributed by atoms with van der Waals surface area (Å²) in [6.45, 7) is 3.89. The van der Waals surface area contributed by atoms with Crippen LogP contribution in [0.3, 0.4) is 0 Å². The number of nitrogens with zero attached hydrogens (tertiary/aromatic N) is 2. The minimum absolute atomic E-state index is 0.0996. The van der Waals surface area contributed by atoms with Gasteiger partial charge in [0, 0.05) is 31.9 Å². The Balaban J connectivity index is 1.80. The number of likely N-dealkylation sites (N-methyl/N-ethyl adjacent to an activating group) is 1. The van der Waals surface area contributed by atoms with Crippen molar-refractivity contribution in [2.45, 2.75) is 25.7 Å². The van der Waals surface area contributed by atoms with Crippen LogP contribution in [-0.4, -0.2) is 51.1 Å². The third kappa shape index (κ3) is 5.38. The van der Waals surface area contributed by atoms with Gasteiger partial charge >= 0.3 is 0 Å². The van der Waals surface area contributed by atoms with Gasteiger partial charge in [-0.15, -0.1) is 0 Å². The second-order valence-corrected chi connectivity index (χ2v) is 6.04. The fraction of sp³-hybridized carbons (Fsp3) is 0.588. The first-order valence-electron chi connectivity index (χ1n) is 7.90. The second-order valence-electron chi connectivity index (χ2n) is 6.04. The van der Waals surface area contributed by atoms with Gasteiger partial charge in [0.15, 0.2) is 0 Å². The molecule has 1 aromatic carbocycles. The number of hydrogen-bond acceptors (Lipinski definition) is 3. The molecule has 0 unspecified atom stereocenters. The van der Waals surface area contributed by atoms with Crippen LogP contribution in [0.5, 0.6) is 0 Å². The zero-order chi connectivity index (χ0) is 15.1. The highest BCUT2D eigenvalue weighted by molar-refractivity contribution is 5.78. The minimum Gasteiger partial charge on any atom is -0.372 e. The number of piperidine rings is 1. The molecule has 0 bridgehead atoms. The molecule has 116 valence electrons. The summed E-state index contributed by atoms with van der Waals surface area (Å²) in [5.41, 5.74) is 2.37. The van der Waals surface area contributed by atoms with E-state index in [0.717, 1.165) is 25.2 Å². The molecule has 0 saturated carbocycles. The predicted molar refractivity (Wildman–Crippen MR) is 87.8 cm³/mol. The highest BCUT2D eigenvalue weighted by atomic mass is 16.1. The average Bonchev–Trinajstić information content (AvgIpc) is 2.48. The number of amides is 1. The molecule has 0 aromatic heterocycles. The Labute approximate surface area is 128 Å². The van der Waals surface area contributed by atoms with Crippen LogP contribution in [0, 0.1) is 0 Å². The molecule has 4 nitrogen and oxygen atoms in total. The molecule has 2 rings (SSSR count). The van der Waals surface area contributed by atoms with E-state index >= 15 is 0 Å². The van der Waals surface area contributed by atoms with Crippen molar-refractivity contribution in [1.82, 2.24) is 10.2 Å². The zero-order valence-corrected chi connectivity index (χ0v) is 13.3. The number of anilines is 1. The lowest BCUT2D eigenvalue weighted by atomic mass is 10.1. The fourth-order valence-corrected chi connectivity index (χ4v) is 2.64. The monoisotopic (exact) mass is 289 g/mol. The second kappa shape index (κ2) is 8.03. The van der Waals surface area contributed by atoms with Crippen LogP contribution in [0.1, 0.15) is 24.8 Å². The molecular weight excluding hydrogens is 262 g/mol. The molecule has 0 atom stereocenters. The lowest BCUT2D eigenvalue weighted by Gasteiger charge is -2.28. The normalized spacial score (nSPS) is 15.3. The number of hydrogen-bond donors (Lipinski definition) is 1. The zero-order valence-electron chi connectivity index (χ0n) is 13.3. The third-order valence-corrected chi connectivity index (χ3v) is 3.90. The molecule has 1 amide bonds. The number of rotatable bonds is 6. The van der Waals surface area contributed by atoms with Crippen LogP contribution in [0.25, 0.3) is 0 Å². The van der Waals surface area contributed by atoms with Crippen molar-refractivity contribution < 1.29 is 4.79 Å². The van der Waals surface area contributed by atoms with Gasteiger partial charge in [-0.25, -0.2) is 0 Å². The molecule has 0 spiro atoms. The molecule has 1 saturated heterocycles. The molecule has 1 fully saturated rings. The third-order valence-electron chi connectivity index (χ3n) is 3.90. The molecule has 0 aliphatic carbocycles. The van der Waals surface area contributed by atoms with Crippen molar-refractivity contribution in [1.29, 1.82) is 0 Å². The van der Waals surface area contributed by atoms with Gasteiger partial charge in [0.2, 0.25) is 5.91 Å². The maximum Gasteiger partial charge on any atom is 0.224 e. The van der Waals surface area contributed by atoms with Gasteiger partial charge in [-0.05, 0) is 51.1 Å². The first-order chi connectivity index (χ1) is 10.1. The highest BCUT2D eigenvalue weighted by Gasteiger charge is 2.11. The van der Waals surface area contributed by atoms with E-state index in [2.05, 4.69) is 39.4 Å². The van der Waals surface area contributed by atoms with Gasteiger partial charge < -0.3 is 15.1 Å². The van der Waals surface area contributed by atoms with Crippen molar-refractivity contribution in [3.8, 4) is 0 Å². The van der Waals surface area contributed by atoms with Gasteiger partial charge in [0.05, 0.1) is 6.42 Å². The lowest BCUT2D eigenvalue weighted by Crippen LogP contribution is -2.32. The van der Waals surface area contributed by atoms with Crippen LogP contribution >= 0.6 is 0 Å². The van der Waals surface area contributed by atoms with Gasteiger partial charge in [0.1, 0.15) is 0 Å². The van der Waals surface area contributed by atoms with E-state index in [1.54, 1.807) is 0 Å².